The molecular formula is C23H25N5O4. The molecule has 0 aromatic carbocycles. The average molecular weight is 435 g/mol. The van der Waals surface area contributed by atoms with Gasteiger partial charge in [-0.1, -0.05) is 19.3 Å². The third-order valence-electron chi connectivity index (χ3n) is 5.90. The number of esters is 2. The molecule has 1 aliphatic heterocycles. The van der Waals surface area contributed by atoms with Crippen molar-refractivity contribution in [1.82, 2.24) is 0 Å². The van der Waals surface area contributed by atoms with Crippen LogP contribution in [0.4, 0.5) is 0 Å². The average Bonchev–Trinajstić information content (AvgIpc) is 2.80. The van der Waals surface area contributed by atoms with Crippen molar-refractivity contribution in [3.63, 3.8) is 0 Å². The lowest BCUT2D eigenvalue weighted by molar-refractivity contribution is -0.149. The minimum Gasteiger partial charge on any atom is -0.463 e. The maximum atomic E-state index is 13.0. The number of carbonyl (C=O) groups excluding carboxylic acids is 2. The molecule has 0 radical (unpaired) electrons. The first-order valence-corrected chi connectivity index (χ1v) is 10.6. The Bertz CT molecular complexity index is 938. The van der Waals surface area contributed by atoms with E-state index in [1.807, 2.05) is 0 Å². The third kappa shape index (κ3) is 5.71. The highest BCUT2D eigenvalue weighted by Gasteiger charge is 2.45. The van der Waals surface area contributed by atoms with E-state index in [1.54, 1.807) is 38.1 Å². The third-order valence-corrected chi connectivity index (χ3v) is 5.90. The summed E-state index contributed by atoms with van der Waals surface area (Å²) in [6, 6.07) is 7.05. The molecule has 9 heteroatoms. The van der Waals surface area contributed by atoms with Crippen LogP contribution in [0.3, 0.4) is 0 Å². The van der Waals surface area contributed by atoms with Crippen LogP contribution >= 0.6 is 0 Å². The first-order chi connectivity index (χ1) is 15.4. The van der Waals surface area contributed by atoms with Crippen LogP contribution in [-0.4, -0.2) is 30.9 Å². The molecule has 2 aliphatic rings. The summed E-state index contributed by atoms with van der Waals surface area (Å²) in [7, 11) is 0. The van der Waals surface area contributed by atoms with Gasteiger partial charge in [-0.25, -0.2) is 4.79 Å². The summed E-state index contributed by atoms with van der Waals surface area (Å²) in [6.45, 7) is 2.64. The zero-order chi connectivity index (χ0) is 23.7. The number of allylic oxidation sites excluding steroid dienone is 1. The number of aliphatic imine (C=N–C) groups is 1. The number of rotatable bonds is 7. The predicted octanol–water partition coefficient (Wildman–Crippen LogP) is 2.96. The molecule has 0 spiro atoms. The molecule has 1 heterocycles. The lowest BCUT2D eigenvalue weighted by Gasteiger charge is -2.38. The monoisotopic (exact) mass is 435 g/mol. The fourth-order valence-electron chi connectivity index (χ4n) is 4.36. The smallest absolute Gasteiger partial charge is 0.336 e. The van der Waals surface area contributed by atoms with Crippen molar-refractivity contribution >= 4 is 17.7 Å². The van der Waals surface area contributed by atoms with Crippen LogP contribution in [0, 0.1) is 74.9 Å². The molecule has 0 saturated heterocycles. The van der Waals surface area contributed by atoms with Crippen LogP contribution in [0.5, 0.6) is 0 Å². The molecule has 2 atom stereocenters. The summed E-state index contributed by atoms with van der Waals surface area (Å²) in [6.07, 6.45) is 4.66. The molecule has 166 valence electrons. The SMILES string of the molecule is CC1=NC(C)=C(C(=O)OCC(C#N)C#N)C(C2CCCCC2)C1C(=O)OCC(C#N)C#N. The molecule has 0 amide bonds. The lowest BCUT2D eigenvalue weighted by Crippen LogP contribution is -2.42. The van der Waals surface area contributed by atoms with Gasteiger partial charge < -0.3 is 9.47 Å². The normalized spacial score (nSPS) is 21.1. The zero-order valence-corrected chi connectivity index (χ0v) is 18.2. The largest absolute Gasteiger partial charge is 0.463 e. The van der Waals surface area contributed by atoms with Crippen molar-refractivity contribution in [2.75, 3.05) is 13.2 Å². The summed E-state index contributed by atoms with van der Waals surface area (Å²) in [5, 5.41) is 35.8. The summed E-state index contributed by atoms with van der Waals surface area (Å²) in [4.78, 5) is 30.5. The highest BCUT2D eigenvalue weighted by molar-refractivity contribution is 6.05. The van der Waals surface area contributed by atoms with Crippen LogP contribution in [0.15, 0.2) is 16.3 Å². The van der Waals surface area contributed by atoms with E-state index in [0.29, 0.717) is 11.4 Å². The van der Waals surface area contributed by atoms with Crippen LogP contribution in [0.1, 0.15) is 46.0 Å². The van der Waals surface area contributed by atoms with Crippen molar-refractivity contribution in [1.29, 1.82) is 21.0 Å². The van der Waals surface area contributed by atoms with Crippen LogP contribution in [-0.2, 0) is 19.1 Å². The number of nitrogens with zero attached hydrogens (tertiary/aromatic N) is 5. The van der Waals surface area contributed by atoms with Crippen LogP contribution in [0.2, 0.25) is 0 Å². The van der Waals surface area contributed by atoms with E-state index in [9.17, 15) is 9.59 Å². The van der Waals surface area contributed by atoms with Gasteiger partial charge in [-0.05, 0) is 32.6 Å². The molecule has 32 heavy (non-hydrogen) atoms. The molecule has 0 aromatic rings. The Morgan fingerprint density at radius 3 is 2.00 bits per heavy atom. The topological polar surface area (TPSA) is 160 Å². The van der Waals surface area contributed by atoms with Crippen LogP contribution in [0.25, 0.3) is 0 Å². The van der Waals surface area contributed by atoms with Gasteiger partial charge in [-0.2, -0.15) is 21.0 Å². The molecule has 2 unspecified atom stereocenters. The van der Waals surface area contributed by atoms with Gasteiger partial charge in [0.2, 0.25) is 0 Å². The van der Waals surface area contributed by atoms with E-state index in [1.165, 1.54) is 0 Å². The van der Waals surface area contributed by atoms with Gasteiger partial charge >= 0.3 is 11.9 Å². The molecule has 1 aliphatic carbocycles. The Balaban J connectivity index is 2.36. The molecule has 0 aromatic heterocycles. The summed E-state index contributed by atoms with van der Waals surface area (Å²) < 4.78 is 10.6. The van der Waals surface area contributed by atoms with Gasteiger partial charge in [0.15, 0.2) is 11.8 Å². The van der Waals surface area contributed by atoms with Gasteiger partial charge in [-0.15, -0.1) is 0 Å². The second-order valence-corrected chi connectivity index (χ2v) is 8.00. The maximum Gasteiger partial charge on any atom is 0.336 e. The number of hydrogen-bond donors (Lipinski definition) is 0. The minimum atomic E-state index is -1.09. The predicted molar refractivity (Wildman–Crippen MR) is 111 cm³/mol. The molecular weight excluding hydrogens is 410 g/mol. The molecule has 9 nitrogen and oxygen atoms in total. The van der Waals surface area contributed by atoms with E-state index >= 15 is 0 Å². The molecule has 1 fully saturated rings. The fraction of sp³-hybridized carbons (Fsp3) is 0.609. The van der Waals surface area contributed by atoms with E-state index in [2.05, 4.69) is 4.99 Å². The minimum absolute atomic E-state index is 0.0229. The van der Waals surface area contributed by atoms with Gasteiger partial charge in [0, 0.05) is 17.3 Å². The van der Waals surface area contributed by atoms with Gasteiger partial charge in [-0.3, -0.25) is 9.79 Å². The van der Waals surface area contributed by atoms with Crippen molar-refractivity contribution in [2.45, 2.75) is 46.0 Å². The van der Waals surface area contributed by atoms with E-state index in [4.69, 9.17) is 30.5 Å². The second kappa shape index (κ2) is 11.6. The molecule has 0 bridgehead atoms. The standard InChI is InChI=1S/C23H25N5O4/c1-14-19(22(29)31-12-16(8-24)9-25)21(18-6-4-3-5-7-18)20(15(2)28-14)23(30)32-13-17(10-26)11-27/h16-19,21H,3-7,12-13H2,1-2H3. The quantitative estimate of drug-likeness (QED) is 0.551. The Hall–Kier alpha value is -3.69. The summed E-state index contributed by atoms with van der Waals surface area (Å²) in [5.41, 5.74) is 1.19. The fourth-order valence-corrected chi connectivity index (χ4v) is 4.36. The summed E-state index contributed by atoms with van der Waals surface area (Å²) in [5.74, 6) is -4.85. The first kappa shape index (κ1) is 24.6. The Morgan fingerprint density at radius 1 is 0.938 bits per heavy atom. The van der Waals surface area contributed by atoms with Crippen molar-refractivity contribution in [2.24, 2.45) is 34.6 Å². The zero-order valence-electron chi connectivity index (χ0n) is 18.2. The van der Waals surface area contributed by atoms with Crippen molar-refractivity contribution < 1.29 is 19.1 Å². The van der Waals surface area contributed by atoms with Crippen molar-refractivity contribution in [3.8, 4) is 24.3 Å². The van der Waals surface area contributed by atoms with E-state index in [0.717, 1.165) is 32.1 Å². The Kier molecular flexibility index (Phi) is 8.94. The number of ether oxygens (including phenoxy) is 2. The highest BCUT2D eigenvalue weighted by Crippen LogP contribution is 2.43. The lowest BCUT2D eigenvalue weighted by atomic mass is 9.68. The van der Waals surface area contributed by atoms with Crippen molar-refractivity contribution in [3.05, 3.63) is 11.3 Å². The molecule has 2 rings (SSSR count). The highest BCUT2D eigenvalue weighted by atomic mass is 16.5. The Morgan fingerprint density at radius 2 is 1.47 bits per heavy atom. The van der Waals surface area contributed by atoms with Gasteiger partial charge in [0.25, 0.3) is 0 Å². The molecule has 1 saturated carbocycles. The number of hydrogen-bond acceptors (Lipinski definition) is 9. The van der Waals surface area contributed by atoms with Crippen LogP contribution < -0.4 is 0 Å². The van der Waals surface area contributed by atoms with Gasteiger partial charge in [0.1, 0.15) is 19.1 Å². The summed E-state index contributed by atoms with van der Waals surface area (Å²) >= 11 is 0. The Labute approximate surface area is 187 Å². The second-order valence-electron chi connectivity index (χ2n) is 8.00. The van der Waals surface area contributed by atoms with Gasteiger partial charge in [0.05, 0.1) is 29.8 Å². The molecule has 0 N–H and O–H groups in total. The first-order valence-electron chi connectivity index (χ1n) is 10.6. The van der Waals surface area contributed by atoms with E-state index < -0.39 is 35.6 Å². The number of carbonyl (C=O) groups is 2. The van der Waals surface area contributed by atoms with E-state index in [-0.39, 0.29) is 24.7 Å². The number of nitriles is 4. The maximum absolute atomic E-state index is 13.0.